The van der Waals surface area contributed by atoms with Gasteiger partial charge in [0.2, 0.25) is 5.91 Å². The molecule has 1 N–H and O–H groups in total. The van der Waals surface area contributed by atoms with Crippen LogP contribution in [0, 0.1) is 0 Å². The van der Waals surface area contributed by atoms with Crippen LogP contribution in [0.5, 0.6) is 11.5 Å². The largest absolute Gasteiger partial charge is 0.493 e. The van der Waals surface area contributed by atoms with Crippen LogP contribution in [0.15, 0.2) is 69.9 Å². The molecule has 4 aromatic rings. The van der Waals surface area contributed by atoms with Crippen LogP contribution in [-0.4, -0.2) is 47.9 Å². The van der Waals surface area contributed by atoms with Gasteiger partial charge < -0.3 is 19.5 Å². The number of carbonyl (C=O) groups excluding carboxylic acids is 2. The number of fused-ring (bicyclic) bond motifs is 1. The fourth-order valence-electron chi connectivity index (χ4n) is 4.34. The number of methoxy groups -OCH3 is 2. The molecule has 0 aliphatic carbocycles. The van der Waals surface area contributed by atoms with E-state index in [2.05, 4.69) is 10.3 Å². The van der Waals surface area contributed by atoms with Gasteiger partial charge >= 0.3 is 5.97 Å². The normalized spacial score (nSPS) is 10.9. The number of aromatic nitrogens is 2. The van der Waals surface area contributed by atoms with Gasteiger partial charge in [0.1, 0.15) is 11.3 Å². The number of nitrogens with zero attached hydrogens (tertiary/aromatic N) is 2. The molecule has 222 valence electrons. The van der Waals surface area contributed by atoms with Crippen molar-refractivity contribution >= 4 is 45.2 Å². The third-order valence-corrected chi connectivity index (χ3v) is 8.40. The highest BCUT2D eigenvalue weighted by atomic mass is 32.2. The van der Waals surface area contributed by atoms with Crippen molar-refractivity contribution in [3.63, 3.8) is 0 Å². The van der Waals surface area contributed by atoms with E-state index in [4.69, 9.17) is 14.2 Å². The van der Waals surface area contributed by atoms with Gasteiger partial charge in [-0.1, -0.05) is 54.6 Å². The summed E-state index contributed by atoms with van der Waals surface area (Å²) < 4.78 is 18.2. The number of benzene rings is 2. The number of amides is 1. The van der Waals surface area contributed by atoms with Gasteiger partial charge in [-0.15, -0.1) is 11.3 Å². The SMILES string of the molecule is COc1ccc(CCNC(=O)CCCCCn2c(SCC(=O)OCc3ccccc3)nc3ccsc3c2=O)cc1OC. The molecule has 2 aromatic heterocycles. The Morgan fingerprint density at radius 1 is 0.976 bits per heavy atom. The number of hydrogen-bond donors (Lipinski definition) is 1. The topological polar surface area (TPSA) is 109 Å². The van der Waals surface area contributed by atoms with E-state index in [0.29, 0.717) is 65.6 Å². The maximum atomic E-state index is 13.2. The Hall–Kier alpha value is -3.83. The van der Waals surface area contributed by atoms with Crippen molar-refractivity contribution in [3.05, 3.63) is 81.5 Å². The number of nitrogens with one attached hydrogen (secondary N) is 1. The molecular weight excluding hydrogens is 574 g/mol. The van der Waals surface area contributed by atoms with Gasteiger partial charge in [-0.05, 0) is 54.0 Å². The Balaban J connectivity index is 1.22. The highest BCUT2D eigenvalue weighted by Gasteiger charge is 2.15. The van der Waals surface area contributed by atoms with Crippen LogP contribution < -0.4 is 20.3 Å². The van der Waals surface area contributed by atoms with Gasteiger partial charge in [0, 0.05) is 19.5 Å². The summed E-state index contributed by atoms with van der Waals surface area (Å²) in [7, 11) is 3.20. The van der Waals surface area contributed by atoms with Crippen LogP contribution in [0.25, 0.3) is 10.2 Å². The molecule has 9 nitrogen and oxygen atoms in total. The maximum absolute atomic E-state index is 13.2. The Kier molecular flexibility index (Phi) is 11.8. The van der Waals surface area contributed by atoms with Crippen LogP contribution in [0.2, 0.25) is 0 Å². The molecule has 42 heavy (non-hydrogen) atoms. The van der Waals surface area contributed by atoms with E-state index in [1.165, 1.54) is 23.1 Å². The van der Waals surface area contributed by atoms with Gasteiger partial charge in [-0.2, -0.15) is 0 Å². The lowest BCUT2D eigenvalue weighted by atomic mass is 10.1. The molecule has 0 radical (unpaired) electrons. The molecular formula is C31H35N3O6S2. The fraction of sp³-hybridized carbons (Fsp3) is 0.355. The van der Waals surface area contributed by atoms with E-state index in [1.807, 2.05) is 60.0 Å². The third-order valence-electron chi connectivity index (χ3n) is 6.56. The number of unbranched alkanes of at least 4 members (excludes halogenated alkanes) is 2. The molecule has 2 aromatic carbocycles. The summed E-state index contributed by atoms with van der Waals surface area (Å²) in [6, 6.07) is 17.0. The van der Waals surface area contributed by atoms with Crippen molar-refractivity contribution in [2.24, 2.45) is 0 Å². The molecule has 4 rings (SSSR count). The first-order valence-electron chi connectivity index (χ1n) is 13.8. The molecule has 0 unspecified atom stereocenters. The lowest BCUT2D eigenvalue weighted by Gasteiger charge is -2.12. The van der Waals surface area contributed by atoms with Gasteiger partial charge in [0.05, 0.1) is 25.5 Å². The summed E-state index contributed by atoms with van der Waals surface area (Å²) in [4.78, 5) is 42.5. The molecule has 0 bridgehead atoms. The highest BCUT2D eigenvalue weighted by Crippen LogP contribution is 2.27. The van der Waals surface area contributed by atoms with E-state index in [1.54, 1.807) is 18.8 Å². The van der Waals surface area contributed by atoms with E-state index in [0.717, 1.165) is 17.5 Å². The van der Waals surface area contributed by atoms with Crippen LogP contribution in [0.1, 0.15) is 36.8 Å². The maximum Gasteiger partial charge on any atom is 0.316 e. The summed E-state index contributed by atoms with van der Waals surface area (Å²) in [6.45, 7) is 1.19. The first-order chi connectivity index (χ1) is 20.5. The van der Waals surface area contributed by atoms with Crippen molar-refractivity contribution in [1.82, 2.24) is 14.9 Å². The predicted molar refractivity (Wildman–Crippen MR) is 166 cm³/mol. The Bertz CT molecular complexity index is 1540. The number of thioether (sulfide) groups is 1. The summed E-state index contributed by atoms with van der Waals surface area (Å²) in [6.07, 6.45) is 3.30. The van der Waals surface area contributed by atoms with Crippen LogP contribution in [0.4, 0.5) is 0 Å². The summed E-state index contributed by atoms with van der Waals surface area (Å²) in [5.41, 5.74) is 2.49. The predicted octanol–water partition coefficient (Wildman–Crippen LogP) is 5.23. The molecule has 0 saturated heterocycles. The molecule has 0 aliphatic heterocycles. The standard InChI is InChI=1S/C31H35N3O6S2/c1-38-25-13-12-22(19-26(25)39-2)14-16-32-27(35)11-7-4-8-17-34-30(37)29-24(15-18-41-29)33-31(34)42-21-28(36)40-20-23-9-5-3-6-10-23/h3,5-6,9-10,12-13,15,18-19H,4,7-8,11,14,16-17,20-21H2,1-2H3,(H,32,35). The molecule has 0 fully saturated rings. The second-order valence-corrected chi connectivity index (χ2v) is 11.4. The van der Waals surface area contributed by atoms with Crippen molar-refractivity contribution in [2.75, 3.05) is 26.5 Å². The monoisotopic (exact) mass is 609 g/mol. The van der Waals surface area contributed by atoms with Crippen molar-refractivity contribution in [2.45, 2.75) is 50.4 Å². The average molecular weight is 610 g/mol. The number of carbonyl (C=O) groups is 2. The third kappa shape index (κ3) is 8.83. The van der Waals surface area contributed by atoms with Crippen LogP contribution in [0.3, 0.4) is 0 Å². The Morgan fingerprint density at radius 3 is 2.57 bits per heavy atom. The van der Waals surface area contributed by atoms with Gasteiger partial charge in [-0.3, -0.25) is 19.0 Å². The number of rotatable bonds is 16. The Labute approximate surface area is 253 Å². The van der Waals surface area contributed by atoms with E-state index < -0.39 is 0 Å². The van der Waals surface area contributed by atoms with Gasteiger partial charge in [-0.25, -0.2) is 4.98 Å². The lowest BCUT2D eigenvalue weighted by Crippen LogP contribution is -2.25. The summed E-state index contributed by atoms with van der Waals surface area (Å²) in [5, 5.41) is 5.31. The quantitative estimate of drug-likeness (QED) is 0.0797. The first kappa shape index (κ1) is 31.1. The van der Waals surface area contributed by atoms with E-state index in [9.17, 15) is 14.4 Å². The number of esters is 1. The molecule has 11 heteroatoms. The van der Waals surface area contributed by atoms with Gasteiger partial charge in [0.25, 0.3) is 5.56 Å². The molecule has 1 amide bonds. The molecule has 2 heterocycles. The van der Waals surface area contributed by atoms with Gasteiger partial charge in [0.15, 0.2) is 16.7 Å². The first-order valence-corrected chi connectivity index (χ1v) is 15.6. The zero-order valence-electron chi connectivity index (χ0n) is 23.8. The van der Waals surface area contributed by atoms with E-state index in [-0.39, 0.29) is 29.8 Å². The molecule has 0 spiro atoms. The van der Waals surface area contributed by atoms with E-state index >= 15 is 0 Å². The van der Waals surface area contributed by atoms with Crippen molar-refractivity contribution < 1.29 is 23.8 Å². The average Bonchev–Trinajstić information content (AvgIpc) is 3.49. The minimum atomic E-state index is -0.368. The fourth-order valence-corrected chi connectivity index (χ4v) is 5.94. The number of hydrogen-bond acceptors (Lipinski definition) is 9. The van der Waals surface area contributed by atoms with Crippen LogP contribution in [-0.2, 0) is 33.9 Å². The molecule has 0 atom stereocenters. The Morgan fingerprint density at radius 2 is 1.79 bits per heavy atom. The van der Waals surface area contributed by atoms with Crippen molar-refractivity contribution in [3.8, 4) is 11.5 Å². The van der Waals surface area contributed by atoms with Crippen molar-refractivity contribution in [1.29, 1.82) is 0 Å². The zero-order chi connectivity index (χ0) is 29.7. The summed E-state index contributed by atoms with van der Waals surface area (Å²) in [5.74, 6) is 1.02. The molecule has 0 saturated carbocycles. The minimum Gasteiger partial charge on any atom is -0.493 e. The van der Waals surface area contributed by atoms with Crippen LogP contribution >= 0.6 is 23.1 Å². The second kappa shape index (κ2) is 16.0. The molecule has 0 aliphatic rings. The summed E-state index contributed by atoms with van der Waals surface area (Å²) >= 11 is 2.57. The second-order valence-electron chi connectivity index (χ2n) is 9.52. The number of thiophene rings is 1. The smallest absolute Gasteiger partial charge is 0.316 e. The zero-order valence-corrected chi connectivity index (χ0v) is 25.4. The lowest BCUT2D eigenvalue weighted by molar-refractivity contribution is -0.141. The number of ether oxygens (including phenoxy) is 3. The highest BCUT2D eigenvalue weighted by molar-refractivity contribution is 7.99. The minimum absolute atomic E-state index is 0.000393.